The Bertz CT molecular complexity index is 667. The van der Waals surface area contributed by atoms with Crippen LogP contribution in [0.3, 0.4) is 0 Å². The Labute approximate surface area is 128 Å². The molecule has 1 amide bonds. The highest BCUT2D eigenvalue weighted by molar-refractivity contribution is 5.92. The van der Waals surface area contributed by atoms with Gasteiger partial charge < -0.3 is 14.2 Å². The lowest BCUT2D eigenvalue weighted by molar-refractivity contribution is -0.124. The summed E-state index contributed by atoms with van der Waals surface area (Å²) in [4.78, 5) is 18.1. The molecule has 3 rings (SSSR count). The molecule has 114 valence electrons. The molecule has 0 radical (unpaired) electrons. The Morgan fingerprint density at radius 2 is 2.41 bits per heavy atom. The normalized spacial score (nSPS) is 18.0. The summed E-state index contributed by atoms with van der Waals surface area (Å²) in [6, 6.07) is 7.58. The molecule has 1 aromatic carbocycles. The number of carbonyl (C=O) groups excluding carboxylic acids is 1. The van der Waals surface area contributed by atoms with E-state index in [4.69, 9.17) is 9.26 Å². The van der Waals surface area contributed by atoms with Crippen LogP contribution >= 0.6 is 0 Å². The zero-order valence-electron chi connectivity index (χ0n) is 12.3. The van der Waals surface area contributed by atoms with Crippen LogP contribution in [0.4, 0.5) is 0 Å². The average molecular weight is 299 g/mol. The van der Waals surface area contributed by atoms with Gasteiger partial charge >= 0.3 is 0 Å². The van der Waals surface area contributed by atoms with E-state index in [1.807, 2.05) is 24.3 Å². The first-order valence-corrected chi connectivity index (χ1v) is 7.13. The summed E-state index contributed by atoms with van der Waals surface area (Å²) in [6.45, 7) is 1.33. The van der Waals surface area contributed by atoms with Gasteiger partial charge in [0, 0.05) is 25.1 Å². The van der Waals surface area contributed by atoms with Gasteiger partial charge in [0.05, 0.1) is 7.11 Å². The van der Waals surface area contributed by atoms with Crippen LogP contribution < -0.4 is 4.74 Å². The molecule has 1 aliphatic heterocycles. The van der Waals surface area contributed by atoms with E-state index >= 15 is 0 Å². The first-order chi connectivity index (χ1) is 10.8. The van der Waals surface area contributed by atoms with E-state index in [-0.39, 0.29) is 11.8 Å². The highest BCUT2D eigenvalue weighted by atomic mass is 16.5. The topological polar surface area (TPSA) is 68.5 Å². The summed E-state index contributed by atoms with van der Waals surface area (Å²) in [5.41, 5.74) is 0.932. The summed E-state index contributed by atoms with van der Waals surface area (Å²) >= 11 is 0. The molecule has 0 aliphatic carbocycles. The van der Waals surface area contributed by atoms with Crippen LogP contribution in [-0.2, 0) is 4.79 Å². The minimum absolute atomic E-state index is 0.00573. The number of hydrogen-bond acceptors (Lipinski definition) is 5. The van der Waals surface area contributed by atoms with Crippen molar-refractivity contribution in [1.29, 1.82) is 0 Å². The summed E-state index contributed by atoms with van der Waals surface area (Å²) in [5, 5.41) is 3.85. The van der Waals surface area contributed by atoms with Crippen molar-refractivity contribution in [1.82, 2.24) is 15.0 Å². The number of hydrogen-bond donors (Lipinski definition) is 0. The molecule has 0 bridgehead atoms. The van der Waals surface area contributed by atoms with E-state index in [0.717, 1.165) is 17.7 Å². The minimum atomic E-state index is -0.00573. The second-order valence-corrected chi connectivity index (χ2v) is 5.17. The highest BCUT2D eigenvalue weighted by Crippen LogP contribution is 2.24. The molecule has 0 unspecified atom stereocenters. The lowest BCUT2D eigenvalue weighted by Crippen LogP contribution is -2.26. The first kappa shape index (κ1) is 14.3. The molecule has 2 heterocycles. The number of rotatable bonds is 4. The van der Waals surface area contributed by atoms with Crippen LogP contribution in [0, 0.1) is 0 Å². The molecule has 22 heavy (non-hydrogen) atoms. The molecule has 0 saturated carbocycles. The molecular formula is C16H17N3O3. The Balaban J connectivity index is 1.61. The lowest BCUT2D eigenvalue weighted by atomic mass is 10.1. The van der Waals surface area contributed by atoms with Crippen LogP contribution in [-0.4, -0.2) is 41.1 Å². The third-order valence-corrected chi connectivity index (χ3v) is 3.76. The fourth-order valence-corrected chi connectivity index (χ4v) is 2.55. The maximum atomic E-state index is 12.2. The van der Waals surface area contributed by atoms with Gasteiger partial charge in [-0.25, -0.2) is 0 Å². The van der Waals surface area contributed by atoms with Gasteiger partial charge in [-0.05, 0) is 30.2 Å². The van der Waals surface area contributed by atoms with Gasteiger partial charge in [-0.15, -0.1) is 0 Å². The van der Waals surface area contributed by atoms with Gasteiger partial charge in [-0.1, -0.05) is 17.3 Å². The molecular weight excluding hydrogens is 282 g/mol. The Morgan fingerprint density at radius 3 is 3.18 bits per heavy atom. The molecule has 1 saturated heterocycles. The maximum absolute atomic E-state index is 12.2. The average Bonchev–Trinajstić information content (AvgIpc) is 3.23. The Kier molecular flexibility index (Phi) is 4.18. The van der Waals surface area contributed by atoms with Crippen LogP contribution in [0.2, 0.25) is 0 Å². The van der Waals surface area contributed by atoms with Crippen LogP contribution in [0.1, 0.15) is 23.7 Å². The van der Waals surface area contributed by atoms with E-state index < -0.39 is 0 Å². The number of methoxy groups -OCH3 is 1. The molecule has 2 aromatic rings. The SMILES string of the molecule is COc1cccc(/C=C\C(=O)N2CC[C@H](c3ncon3)C2)c1. The highest BCUT2D eigenvalue weighted by Gasteiger charge is 2.28. The van der Waals surface area contributed by atoms with E-state index in [9.17, 15) is 4.79 Å². The third-order valence-electron chi connectivity index (χ3n) is 3.76. The number of ether oxygens (including phenoxy) is 1. The van der Waals surface area contributed by atoms with Crippen molar-refractivity contribution in [2.24, 2.45) is 0 Å². The van der Waals surface area contributed by atoms with Crippen molar-refractivity contribution in [2.45, 2.75) is 12.3 Å². The van der Waals surface area contributed by atoms with Crippen molar-refractivity contribution in [3.8, 4) is 5.75 Å². The summed E-state index contributed by atoms with van der Waals surface area (Å²) < 4.78 is 9.92. The monoisotopic (exact) mass is 299 g/mol. The lowest BCUT2D eigenvalue weighted by Gasteiger charge is -2.13. The summed E-state index contributed by atoms with van der Waals surface area (Å²) in [7, 11) is 1.62. The van der Waals surface area contributed by atoms with Gasteiger partial charge in [-0.2, -0.15) is 4.98 Å². The number of nitrogens with zero attached hydrogens (tertiary/aromatic N) is 3. The fraction of sp³-hybridized carbons (Fsp3) is 0.312. The second kappa shape index (κ2) is 6.43. The molecule has 1 aliphatic rings. The van der Waals surface area contributed by atoms with Crippen LogP contribution in [0.5, 0.6) is 5.75 Å². The predicted octanol–water partition coefficient (Wildman–Crippen LogP) is 2.11. The van der Waals surface area contributed by atoms with Gasteiger partial charge in [0.2, 0.25) is 12.3 Å². The number of likely N-dealkylation sites (tertiary alicyclic amines) is 1. The second-order valence-electron chi connectivity index (χ2n) is 5.17. The van der Waals surface area contributed by atoms with E-state index in [1.54, 1.807) is 24.2 Å². The summed E-state index contributed by atoms with van der Waals surface area (Å²) in [6.07, 6.45) is 5.57. The largest absolute Gasteiger partial charge is 0.497 e. The number of carbonyl (C=O) groups is 1. The van der Waals surface area contributed by atoms with Crippen molar-refractivity contribution >= 4 is 12.0 Å². The van der Waals surface area contributed by atoms with Crippen molar-refractivity contribution < 1.29 is 14.1 Å². The predicted molar refractivity (Wildman–Crippen MR) is 80.3 cm³/mol. The fourth-order valence-electron chi connectivity index (χ4n) is 2.55. The Hall–Kier alpha value is -2.63. The van der Waals surface area contributed by atoms with Gasteiger partial charge in [-0.3, -0.25) is 4.79 Å². The summed E-state index contributed by atoms with van der Waals surface area (Å²) in [5.74, 6) is 1.60. The van der Waals surface area contributed by atoms with Gasteiger partial charge in [0.1, 0.15) is 5.75 Å². The smallest absolute Gasteiger partial charge is 0.246 e. The first-order valence-electron chi connectivity index (χ1n) is 7.13. The minimum Gasteiger partial charge on any atom is -0.497 e. The third kappa shape index (κ3) is 3.16. The van der Waals surface area contributed by atoms with Crippen molar-refractivity contribution in [3.63, 3.8) is 0 Å². The molecule has 0 N–H and O–H groups in total. The van der Waals surface area contributed by atoms with Gasteiger partial charge in [0.25, 0.3) is 0 Å². The molecule has 1 atom stereocenters. The molecule has 1 aromatic heterocycles. The zero-order valence-corrected chi connectivity index (χ0v) is 12.3. The quantitative estimate of drug-likeness (QED) is 0.809. The molecule has 1 fully saturated rings. The standard InChI is InChI=1S/C16H17N3O3/c1-21-14-4-2-3-12(9-14)5-6-15(20)19-8-7-13(10-19)16-17-11-22-18-16/h2-6,9,11,13H,7-8,10H2,1H3/b6-5-/t13-/m0/s1. The molecule has 6 nitrogen and oxygen atoms in total. The number of amides is 1. The van der Waals surface area contributed by atoms with Crippen molar-refractivity contribution in [2.75, 3.05) is 20.2 Å². The Morgan fingerprint density at radius 1 is 1.50 bits per heavy atom. The van der Waals surface area contributed by atoms with Crippen LogP contribution in [0.15, 0.2) is 41.3 Å². The number of aromatic nitrogens is 2. The molecule has 6 heteroatoms. The molecule has 0 spiro atoms. The van der Waals surface area contributed by atoms with Crippen molar-refractivity contribution in [3.05, 3.63) is 48.1 Å². The van der Waals surface area contributed by atoms with Gasteiger partial charge in [0.15, 0.2) is 5.82 Å². The van der Waals surface area contributed by atoms with E-state index in [0.29, 0.717) is 18.9 Å². The van der Waals surface area contributed by atoms with Crippen LogP contribution in [0.25, 0.3) is 6.08 Å². The maximum Gasteiger partial charge on any atom is 0.246 e. The van der Waals surface area contributed by atoms with E-state index in [1.165, 1.54) is 6.39 Å². The van der Waals surface area contributed by atoms with E-state index in [2.05, 4.69) is 10.1 Å². The number of benzene rings is 1. The zero-order chi connectivity index (χ0) is 15.4.